The van der Waals surface area contributed by atoms with Gasteiger partial charge < -0.3 is 5.32 Å². The number of hydrogen-bond acceptors (Lipinski definition) is 3. The summed E-state index contributed by atoms with van der Waals surface area (Å²) in [6, 6.07) is 10.4. The Kier molecular flexibility index (Phi) is 5.25. The molecule has 2 nitrogen and oxygen atoms in total. The van der Waals surface area contributed by atoms with Gasteiger partial charge >= 0.3 is 5.51 Å². The smallest absolute Gasteiger partial charge is 0.306 e. The van der Waals surface area contributed by atoms with E-state index in [2.05, 4.69) is 10.3 Å². The van der Waals surface area contributed by atoms with Crippen LogP contribution in [-0.4, -0.2) is 10.5 Å². The molecule has 0 unspecified atom stereocenters. The van der Waals surface area contributed by atoms with Crippen LogP contribution in [0.5, 0.6) is 0 Å². The zero-order chi connectivity index (χ0) is 15.3. The molecule has 0 saturated carbocycles. The fourth-order valence-corrected chi connectivity index (χ4v) is 2.39. The molecule has 0 amide bonds. The molecule has 1 aromatic heterocycles. The molecule has 21 heavy (non-hydrogen) atoms. The highest BCUT2D eigenvalue weighted by molar-refractivity contribution is 8.00. The van der Waals surface area contributed by atoms with Crippen LogP contribution >= 0.6 is 11.8 Å². The third-order valence-corrected chi connectivity index (χ3v) is 3.71. The van der Waals surface area contributed by atoms with Crippen molar-refractivity contribution in [1.82, 2.24) is 10.3 Å². The fourth-order valence-electron chi connectivity index (χ4n) is 1.85. The maximum absolute atomic E-state index is 12.2. The first-order chi connectivity index (χ1) is 9.94. The van der Waals surface area contributed by atoms with Crippen molar-refractivity contribution in [1.29, 1.82) is 0 Å². The van der Waals surface area contributed by atoms with Crippen LogP contribution in [0, 0.1) is 0 Å². The summed E-state index contributed by atoms with van der Waals surface area (Å²) in [5.41, 5.74) is -2.17. The van der Waals surface area contributed by atoms with E-state index in [4.69, 9.17) is 0 Å². The predicted octanol–water partition coefficient (Wildman–Crippen LogP) is 4.54. The quantitative estimate of drug-likeness (QED) is 0.820. The molecule has 6 heteroatoms. The van der Waals surface area contributed by atoms with Gasteiger partial charge in [0.05, 0.1) is 0 Å². The molecule has 2 rings (SSSR count). The topological polar surface area (TPSA) is 24.9 Å². The van der Waals surface area contributed by atoms with E-state index in [1.807, 2.05) is 19.1 Å². The molecular weight excluding hydrogens is 297 g/mol. The number of aromatic nitrogens is 1. The number of thioether (sulfide) groups is 1. The SMILES string of the molecule is C[C@@H](NCc1ccc(SC(F)(F)F)cc1)c1ccncc1. The molecule has 0 spiro atoms. The van der Waals surface area contributed by atoms with Crippen LogP contribution in [0.25, 0.3) is 0 Å². The van der Waals surface area contributed by atoms with Crippen molar-refractivity contribution in [2.75, 3.05) is 0 Å². The van der Waals surface area contributed by atoms with E-state index >= 15 is 0 Å². The summed E-state index contributed by atoms with van der Waals surface area (Å²) in [5, 5.41) is 3.33. The van der Waals surface area contributed by atoms with E-state index < -0.39 is 5.51 Å². The standard InChI is InChI=1S/C15H15F3N2S/c1-11(13-6-8-19-9-7-13)20-10-12-2-4-14(5-3-12)21-15(16,17)18/h2-9,11,20H,10H2,1H3/t11-/m1/s1. The van der Waals surface area contributed by atoms with Gasteiger partial charge in [0.1, 0.15) is 0 Å². The lowest BCUT2D eigenvalue weighted by Gasteiger charge is -2.14. The first-order valence-electron chi connectivity index (χ1n) is 6.42. The van der Waals surface area contributed by atoms with Crippen molar-refractivity contribution in [2.45, 2.75) is 29.9 Å². The Balaban J connectivity index is 1.89. The first-order valence-corrected chi connectivity index (χ1v) is 7.24. The Labute approximate surface area is 125 Å². The molecule has 0 aliphatic rings. The molecule has 0 saturated heterocycles. The van der Waals surface area contributed by atoms with Crippen molar-refractivity contribution in [3.8, 4) is 0 Å². The van der Waals surface area contributed by atoms with Crippen molar-refractivity contribution in [3.05, 3.63) is 59.9 Å². The number of hydrogen-bond donors (Lipinski definition) is 1. The van der Waals surface area contributed by atoms with Crippen LogP contribution in [0.1, 0.15) is 24.1 Å². The third kappa shape index (κ3) is 5.40. The largest absolute Gasteiger partial charge is 0.446 e. The average molecular weight is 312 g/mol. The minimum atomic E-state index is -4.24. The highest BCUT2D eigenvalue weighted by Gasteiger charge is 2.28. The molecule has 0 aliphatic carbocycles. The lowest BCUT2D eigenvalue weighted by Crippen LogP contribution is -2.18. The second-order valence-electron chi connectivity index (χ2n) is 4.57. The van der Waals surface area contributed by atoms with Crippen LogP contribution in [0.2, 0.25) is 0 Å². The lowest BCUT2D eigenvalue weighted by molar-refractivity contribution is -0.0328. The average Bonchev–Trinajstić information content (AvgIpc) is 2.45. The van der Waals surface area contributed by atoms with Gasteiger partial charge in [-0.25, -0.2) is 0 Å². The van der Waals surface area contributed by atoms with Crippen LogP contribution in [0.3, 0.4) is 0 Å². The predicted molar refractivity (Wildman–Crippen MR) is 77.8 cm³/mol. The number of alkyl halides is 3. The van der Waals surface area contributed by atoms with E-state index in [1.165, 1.54) is 12.1 Å². The van der Waals surface area contributed by atoms with Crippen LogP contribution in [0.4, 0.5) is 13.2 Å². The Morgan fingerprint density at radius 3 is 2.29 bits per heavy atom. The summed E-state index contributed by atoms with van der Waals surface area (Å²) < 4.78 is 36.7. The first kappa shape index (κ1) is 15.9. The molecular formula is C15H15F3N2S. The van der Waals surface area contributed by atoms with Gasteiger partial charge in [-0.15, -0.1) is 0 Å². The molecule has 112 valence electrons. The Morgan fingerprint density at radius 1 is 1.10 bits per heavy atom. The minimum absolute atomic E-state index is 0.0966. The molecule has 1 N–H and O–H groups in total. The van der Waals surface area contributed by atoms with Gasteiger partial charge in [0.15, 0.2) is 0 Å². The van der Waals surface area contributed by atoms with Crippen LogP contribution in [0.15, 0.2) is 53.7 Å². The Bertz CT molecular complexity index is 555. The second-order valence-corrected chi connectivity index (χ2v) is 5.71. The van der Waals surface area contributed by atoms with Crippen molar-refractivity contribution in [3.63, 3.8) is 0 Å². The summed E-state index contributed by atoms with van der Waals surface area (Å²) in [4.78, 5) is 4.17. The van der Waals surface area contributed by atoms with Crippen molar-refractivity contribution in [2.24, 2.45) is 0 Å². The number of nitrogens with one attached hydrogen (secondary N) is 1. The maximum atomic E-state index is 12.2. The minimum Gasteiger partial charge on any atom is -0.306 e. The molecule has 1 aromatic carbocycles. The number of halogens is 3. The Hall–Kier alpha value is -1.53. The Morgan fingerprint density at radius 2 is 1.71 bits per heavy atom. The highest BCUT2D eigenvalue weighted by atomic mass is 32.2. The van der Waals surface area contributed by atoms with E-state index in [1.54, 1.807) is 24.5 Å². The summed E-state index contributed by atoms with van der Waals surface area (Å²) in [7, 11) is 0. The number of pyridine rings is 1. The van der Waals surface area contributed by atoms with Crippen molar-refractivity contribution < 1.29 is 13.2 Å². The zero-order valence-electron chi connectivity index (χ0n) is 11.4. The number of nitrogens with zero attached hydrogens (tertiary/aromatic N) is 1. The molecule has 0 radical (unpaired) electrons. The van der Waals surface area contributed by atoms with E-state index in [0.717, 1.165) is 11.1 Å². The summed E-state index contributed by atoms with van der Waals surface area (Å²) in [5.74, 6) is 0. The van der Waals surface area contributed by atoms with Gasteiger partial charge in [-0.1, -0.05) is 12.1 Å². The van der Waals surface area contributed by atoms with Gasteiger partial charge in [-0.2, -0.15) is 13.2 Å². The summed E-state index contributed by atoms with van der Waals surface area (Å²) in [6.45, 7) is 2.63. The number of rotatable bonds is 5. The lowest BCUT2D eigenvalue weighted by atomic mass is 10.1. The van der Waals surface area contributed by atoms with E-state index in [9.17, 15) is 13.2 Å². The summed E-state index contributed by atoms with van der Waals surface area (Å²) >= 11 is -0.0966. The van der Waals surface area contributed by atoms with Crippen LogP contribution in [-0.2, 0) is 6.54 Å². The normalized spacial score (nSPS) is 13.1. The molecule has 2 aromatic rings. The summed E-state index contributed by atoms with van der Waals surface area (Å²) in [6.07, 6.45) is 3.47. The van der Waals surface area contributed by atoms with Gasteiger partial charge in [0.25, 0.3) is 0 Å². The van der Waals surface area contributed by atoms with Gasteiger partial charge in [-0.05, 0) is 54.1 Å². The maximum Gasteiger partial charge on any atom is 0.446 e. The van der Waals surface area contributed by atoms with Crippen molar-refractivity contribution >= 4 is 11.8 Å². The van der Waals surface area contributed by atoms with Gasteiger partial charge in [-0.3, -0.25) is 4.98 Å². The zero-order valence-corrected chi connectivity index (χ0v) is 12.2. The highest BCUT2D eigenvalue weighted by Crippen LogP contribution is 2.36. The van der Waals surface area contributed by atoms with E-state index in [-0.39, 0.29) is 22.7 Å². The van der Waals surface area contributed by atoms with Gasteiger partial charge in [0.2, 0.25) is 0 Å². The fraction of sp³-hybridized carbons (Fsp3) is 0.267. The number of benzene rings is 1. The molecule has 0 aliphatic heterocycles. The second kappa shape index (κ2) is 6.95. The third-order valence-electron chi connectivity index (χ3n) is 2.98. The molecule has 0 bridgehead atoms. The van der Waals surface area contributed by atoms with Crippen LogP contribution < -0.4 is 5.32 Å². The van der Waals surface area contributed by atoms with E-state index in [0.29, 0.717) is 6.54 Å². The molecule has 1 heterocycles. The monoisotopic (exact) mass is 312 g/mol. The molecule has 1 atom stereocenters. The van der Waals surface area contributed by atoms with Gasteiger partial charge in [0, 0.05) is 29.9 Å². The molecule has 0 fully saturated rings.